The van der Waals surface area contributed by atoms with E-state index in [1.807, 2.05) is 128 Å². The first-order valence-corrected chi connectivity index (χ1v) is 24.8. The fourth-order valence-electron chi connectivity index (χ4n) is 6.88. The molecule has 4 aromatic heterocycles. The molecule has 6 aromatic carbocycles. The molecule has 10 rings (SSSR count). The Morgan fingerprint density at radius 3 is 1.18 bits per heavy atom. The molecule has 0 amide bonds. The van der Waals surface area contributed by atoms with Gasteiger partial charge in [0, 0.05) is 93.2 Å². The van der Waals surface area contributed by atoms with Crippen molar-refractivity contribution < 1.29 is 79.4 Å². The van der Waals surface area contributed by atoms with E-state index in [1.54, 1.807) is 12.4 Å². The average molecular weight is 1430 g/mol. The molecule has 10 aromatic rings. The molecule has 78 heavy (non-hydrogen) atoms. The van der Waals surface area contributed by atoms with E-state index in [1.165, 1.54) is 44.5 Å². The third-order valence-corrected chi connectivity index (χ3v) is 11.0. The Kier molecular flexibility index (Phi) is 30.3. The molecule has 2 N–H and O–H groups in total. The minimum absolute atomic E-state index is 0. The third kappa shape index (κ3) is 22.4. The van der Waals surface area contributed by atoms with E-state index in [-0.39, 0.29) is 43.1 Å². The van der Waals surface area contributed by atoms with Gasteiger partial charge in [-0.2, -0.15) is 13.2 Å². The number of halogens is 3. The van der Waals surface area contributed by atoms with Crippen molar-refractivity contribution in [2.45, 2.75) is 33.2 Å². The summed E-state index contributed by atoms with van der Waals surface area (Å²) in [6.07, 6.45) is 7.49. The SMILES string of the molecule is CO.CO.Cc1cccc(-c2cc(C)c(-c3cccc(C)c3)cn2)c1.Cc1cccc(-c2ccc(-c3[c-]cccc3)nc2)c1.O=S(=O)([O-])C(F)(F)F.[HH].[HH].[Ir].[Ir].[c-]1ccccc1-c1ccccn1.[c-]1ccccc1-c1ccccn1. The summed E-state index contributed by atoms with van der Waals surface area (Å²) in [7, 11) is -4.09. The van der Waals surface area contributed by atoms with Crippen molar-refractivity contribution in [1.82, 2.24) is 19.9 Å². The van der Waals surface area contributed by atoms with Crippen molar-refractivity contribution in [2.75, 3.05) is 14.2 Å². The zero-order valence-electron chi connectivity index (χ0n) is 43.5. The molecule has 0 aliphatic carbocycles. The molecule has 0 spiro atoms. The van der Waals surface area contributed by atoms with Gasteiger partial charge in [0.05, 0.1) is 5.69 Å². The van der Waals surface area contributed by atoms with Gasteiger partial charge in [-0.15, -0.1) is 108 Å². The van der Waals surface area contributed by atoms with Gasteiger partial charge in [-0.05, 0) is 91.3 Å². The van der Waals surface area contributed by atoms with Gasteiger partial charge in [-0.1, -0.05) is 120 Å². The predicted octanol–water partition coefficient (Wildman–Crippen LogP) is 14.7. The maximum Gasteiger partial charge on any atom is 0.485 e. The minimum atomic E-state index is -6.09. The van der Waals surface area contributed by atoms with E-state index in [9.17, 15) is 13.2 Å². The fourth-order valence-corrected chi connectivity index (χ4v) is 6.88. The molecule has 412 valence electrons. The monoisotopic (exact) mass is 1430 g/mol. The molecular formula is C63H61F3Ir2N4O5S-4. The second-order valence-electron chi connectivity index (χ2n) is 16.1. The molecule has 15 heteroatoms. The Morgan fingerprint density at radius 1 is 0.436 bits per heavy atom. The standard InChI is InChI=1S/C20H19N.C18H14N.2C11H8N.CHF3O3S.2CH4O.2Ir.2H2/c1-14-6-4-8-17(10-14)19-13-21-20(12-16(19)3)18-9-5-7-15(2)11-18;1-14-6-5-9-16(12-14)17-10-11-18(19-13-17)15-7-3-2-4-8-15;2*1-2-6-10(7-3-1)11-8-4-5-9-12-11;2-1(3,4)8(5,6)7;2*1-2;;;;/h4-13H,1-3H3;2-7,9-13H,1H3;2*1-6,8-9H;(H,5,6,7);2*2H,1H3;;;2*1H/q;3*-1;;;;;;;/p-1. The zero-order chi connectivity index (χ0) is 55.4. The van der Waals surface area contributed by atoms with Crippen LogP contribution in [0.4, 0.5) is 13.2 Å². The number of aliphatic hydroxyl groups excluding tert-OH is 2. The Balaban J connectivity index is 0.000000979. The maximum atomic E-state index is 10.7. The van der Waals surface area contributed by atoms with Gasteiger partial charge < -0.3 is 29.7 Å². The van der Waals surface area contributed by atoms with Crippen LogP contribution in [-0.2, 0) is 50.3 Å². The Morgan fingerprint density at radius 2 is 0.821 bits per heavy atom. The molecule has 0 unspecified atom stereocenters. The van der Waals surface area contributed by atoms with E-state index < -0.39 is 15.6 Å². The number of benzene rings is 6. The van der Waals surface area contributed by atoms with E-state index in [0.29, 0.717) is 0 Å². The number of hydrogen-bond donors (Lipinski definition) is 2. The van der Waals surface area contributed by atoms with Gasteiger partial charge in [0.25, 0.3) is 0 Å². The van der Waals surface area contributed by atoms with Gasteiger partial charge in [-0.25, -0.2) is 8.42 Å². The van der Waals surface area contributed by atoms with E-state index in [0.717, 1.165) is 59.2 Å². The second kappa shape index (κ2) is 35.3. The van der Waals surface area contributed by atoms with Crippen molar-refractivity contribution in [3.63, 3.8) is 0 Å². The first-order valence-electron chi connectivity index (χ1n) is 23.4. The zero-order valence-corrected chi connectivity index (χ0v) is 49.1. The molecule has 0 aliphatic rings. The first-order chi connectivity index (χ1) is 36.6. The summed E-state index contributed by atoms with van der Waals surface area (Å²) in [6, 6.07) is 76.5. The number of aliphatic hydroxyl groups is 2. The van der Waals surface area contributed by atoms with Crippen LogP contribution in [0.5, 0.6) is 0 Å². The topological polar surface area (TPSA) is 149 Å². The third-order valence-electron chi connectivity index (χ3n) is 10.4. The molecule has 0 atom stereocenters. The number of pyridine rings is 4. The summed E-state index contributed by atoms with van der Waals surface area (Å²) < 4.78 is 58.9. The smallest absolute Gasteiger partial charge is 0.485 e. The normalized spacial score (nSPS) is 9.95. The summed E-state index contributed by atoms with van der Waals surface area (Å²) in [4.78, 5) is 17.6. The molecule has 0 saturated carbocycles. The number of aryl methyl sites for hydroxylation is 4. The molecule has 2 radical (unpaired) electrons. The maximum absolute atomic E-state index is 10.7. The van der Waals surface area contributed by atoms with Crippen LogP contribution in [0.15, 0.2) is 225 Å². The van der Waals surface area contributed by atoms with Crippen molar-refractivity contribution in [3.8, 4) is 67.3 Å². The van der Waals surface area contributed by atoms with E-state index >= 15 is 0 Å². The van der Waals surface area contributed by atoms with Crippen molar-refractivity contribution in [1.29, 1.82) is 0 Å². The molecular weight excluding hydrogens is 1370 g/mol. The quantitative estimate of drug-likeness (QED) is 0.0942. The summed E-state index contributed by atoms with van der Waals surface area (Å²) in [5, 5.41) is 14.0. The molecule has 9 nitrogen and oxygen atoms in total. The average Bonchev–Trinajstić information content (AvgIpc) is 3.46. The molecule has 0 aliphatic heterocycles. The van der Waals surface area contributed by atoms with Gasteiger partial charge in [0.15, 0.2) is 10.1 Å². The molecule has 0 saturated heterocycles. The van der Waals surface area contributed by atoms with Crippen molar-refractivity contribution in [2.24, 2.45) is 0 Å². The van der Waals surface area contributed by atoms with Crippen LogP contribution in [-0.4, -0.2) is 62.8 Å². The Hall–Kier alpha value is -7.16. The fraction of sp³-hybridized carbons (Fsp3) is 0.111. The molecule has 4 heterocycles. The van der Waals surface area contributed by atoms with E-state index in [2.05, 4.69) is 151 Å². The van der Waals surface area contributed by atoms with Gasteiger partial charge in [0.2, 0.25) is 0 Å². The first kappa shape index (κ1) is 66.9. The van der Waals surface area contributed by atoms with Crippen LogP contribution in [0.1, 0.15) is 25.1 Å². The summed E-state index contributed by atoms with van der Waals surface area (Å²) >= 11 is 0. The number of alkyl halides is 3. The Bertz CT molecular complexity index is 3220. The molecule has 0 fully saturated rings. The predicted molar refractivity (Wildman–Crippen MR) is 301 cm³/mol. The van der Waals surface area contributed by atoms with Crippen molar-refractivity contribution in [3.05, 3.63) is 265 Å². The van der Waals surface area contributed by atoms with Crippen LogP contribution >= 0.6 is 0 Å². The van der Waals surface area contributed by atoms with E-state index in [4.69, 9.17) is 23.2 Å². The second-order valence-corrected chi connectivity index (χ2v) is 17.5. The number of hydrogen-bond acceptors (Lipinski definition) is 9. The van der Waals surface area contributed by atoms with Crippen LogP contribution < -0.4 is 0 Å². The van der Waals surface area contributed by atoms with Crippen molar-refractivity contribution >= 4 is 10.1 Å². The Labute approximate surface area is 486 Å². The summed E-state index contributed by atoms with van der Waals surface area (Å²) in [5.74, 6) is 0. The molecule has 0 bridgehead atoms. The number of aromatic nitrogens is 4. The minimum Gasteiger partial charge on any atom is -0.741 e. The number of rotatable bonds is 6. The van der Waals surface area contributed by atoms with Crippen LogP contribution in [0.2, 0.25) is 0 Å². The van der Waals surface area contributed by atoms with Gasteiger partial charge in [0.1, 0.15) is 0 Å². The van der Waals surface area contributed by atoms with Gasteiger partial charge in [-0.3, -0.25) is 4.98 Å². The van der Waals surface area contributed by atoms with Crippen LogP contribution in [0, 0.1) is 45.9 Å². The van der Waals surface area contributed by atoms with Crippen LogP contribution in [0.3, 0.4) is 0 Å². The van der Waals surface area contributed by atoms with Crippen LogP contribution in [0.25, 0.3) is 67.3 Å². The summed E-state index contributed by atoms with van der Waals surface area (Å²) in [6.45, 7) is 8.48. The number of nitrogens with zero attached hydrogens (tertiary/aromatic N) is 4. The largest absolute Gasteiger partial charge is 0.741 e. The summed E-state index contributed by atoms with van der Waals surface area (Å²) in [5.41, 5.74) is 12.4. The van der Waals surface area contributed by atoms with Gasteiger partial charge >= 0.3 is 5.51 Å².